The highest BCUT2D eigenvalue weighted by Crippen LogP contribution is 2.52. The van der Waals surface area contributed by atoms with Crippen molar-refractivity contribution in [3.8, 4) is 0 Å². The molecule has 1 aliphatic rings. The Labute approximate surface area is 166 Å². The second-order valence-electron chi connectivity index (χ2n) is 5.91. The Morgan fingerprint density at radius 1 is 0.517 bits per heavy atom. The second kappa shape index (κ2) is 8.87. The van der Waals surface area contributed by atoms with Crippen LogP contribution >= 0.6 is 7.92 Å². The van der Waals surface area contributed by atoms with Gasteiger partial charge in [-0.15, -0.1) is 0 Å². The van der Waals surface area contributed by atoms with E-state index in [2.05, 4.69) is 0 Å². The van der Waals surface area contributed by atoms with Crippen LogP contribution in [0.15, 0.2) is 88.5 Å². The number of hydrogen-bond acceptors (Lipinski definition) is 5. The van der Waals surface area contributed by atoms with E-state index in [9.17, 15) is 24.0 Å². The first-order valence-electron chi connectivity index (χ1n) is 8.37. The third-order valence-electron chi connectivity index (χ3n) is 4.44. The van der Waals surface area contributed by atoms with Crippen molar-refractivity contribution in [1.29, 1.82) is 0 Å². The van der Waals surface area contributed by atoms with Crippen LogP contribution in [0, 0.1) is 0 Å². The van der Waals surface area contributed by atoms with Crippen molar-refractivity contribution >= 4 is 48.2 Å². The minimum atomic E-state index is -1.49. The molecule has 138 valence electrons. The van der Waals surface area contributed by atoms with E-state index in [0.29, 0.717) is 0 Å². The second-order valence-corrected chi connectivity index (χ2v) is 8.20. The van der Waals surface area contributed by atoms with Gasteiger partial charge in [0.05, 0.1) is 33.5 Å². The van der Waals surface area contributed by atoms with Gasteiger partial charge in [0.2, 0.25) is 0 Å². The zero-order valence-electron chi connectivity index (χ0n) is 14.8. The molecule has 0 aliphatic heterocycles. The van der Waals surface area contributed by atoms with E-state index in [1.54, 1.807) is 36.1 Å². The minimum Gasteiger partial charge on any atom is -0.233 e. The van der Waals surface area contributed by atoms with Crippen LogP contribution in [0.25, 0.3) is 0 Å². The molecule has 5 nitrogen and oxygen atoms in total. The Morgan fingerprint density at radius 2 is 0.897 bits per heavy atom. The highest BCUT2D eigenvalue weighted by Gasteiger charge is 2.43. The van der Waals surface area contributed by atoms with E-state index in [1.807, 2.05) is 36.4 Å². The molecule has 0 heterocycles. The first-order valence-corrected chi connectivity index (χ1v) is 9.79. The van der Waals surface area contributed by atoms with Gasteiger partial charge in [0.25, 0.3) is 0 Å². The van der Waals surface area contributed by atoms with Crippen LogP contribution in [0.2, 0.25) is 0 Å². The van der Waals surface area contributed by atoms with Crippen molar-refractivity contribution in [2.24, 2.45) is 0 Å². The van der Waals surface area contributed by atoms with E-state index >= 15 is 0 Å². The summed E-state index contributed by atoms with van der Waals surface area (Å²) in [4.78, 5) is 58.3. The molecule has 29 heavy (non-hydrogen) atoms. The number of carbonyl (C=O) groups excluding carboxylic acids is 5. The maximum atomic E-state index is 11.9. The molecule has 1 fully saturated rings. The van der Waals surface area contributed by atoms with E-state index in [4.69, 9.17) is 0 Å². The normalized spacial score (nSPS) is 15.9. The number of benzene rings is 2. The summed E-state index contributed by atoms with van der Waals surface area (Å²) < 4.78 is 0. The largest absolute Gasteiger partial charge is 0.233 e. The van der Waals surface area contributed by atoms with Crippen molar-refractivity contribution in [2.75, 3.05) is 0 Å². The highest BCUT2D eigenvalue weighted by molar-refractivity contribution is 7.74. The van der Waals surface area contributed by atoms with E-state index in [-0.39, 0.29) is 11.1 Å². The van der Waals surface area contributed by atoms with Crippen LogP contribution in [0.4, 0.5) is 0 Å². The molecule has 1 saturated carbocycles. The predicted molar refractivity (Wildman–Crippen MR) is 109 cm³/mol. The molecule has 0 spiro atoms. The lowest BCUT2D eigenvalue weighted by molar-refractivity contribution is 0.559. The molecule has 0 N–H and O–H groups in total. The smallest absolute Gasteiger partial charge is 0.135 e. The van der Waals surface area contributed by atoms with Crippen LogP contribution in [0.3, 0.4) is 0 Å². The van der Waals surface area contributed by atoms with Crippen LogP contribution < -0.4 is 10.6 Å². The fraction of sp³-hybridized carbons (Fsp3) is 0.0435. The molecule has 1 aliphatic carbocycles. The summed E-state index contributed by atoms with van der Waals surface area (Å²) >= 11 is 0. The third-order valence-corrected chi connectivity index (χ3v) is 7.18. The van der Waals surface area contributed by atoms with E-state index in [1.165, 1.54) is 17.8 Å². The molecule has 0 aromatic heterocycles. The van der Waals surface area contributed by atoms with Crippen molar-refractivity contribution in [3.63, 3.8) is 0 Å². The molecule has 0 radical (unpaired) electrons. The summed E-state index contributed by atoms with van der Waals surface area (Å²) in [5.74, 6) is 7.90. The Morgan fingerprint density at radius 3 is 1.21 bits per heavy atom. The third kappa shape index (κ3) is 3.49. The highest BCUT2D eigenvalue weighted by atomic mass is 31.1. The molecular formula is C23H11O5P. The van der Waals surface area contributed by atoms with Crippen molar-refractivity contribution in [1.82, 2.24) is 0 Å². The van der Waals surface area contributed by atoms with Gasteiger partial charge in [0.15, 0.2) is 0 Å². The van der Waals surface area contributed by atoms with Crippen molar-refractivity contribution < 1.29 is 24.0 Å². The van der Waals surface area contributed by atoms with Crippen molar-refractivity contribution in [2.45, 2.75) is 5.66 Å². The summed E-state index contributed by atoms with van der Waals surface area (Å²) in [5.41, 5.74) is -2.87. The molecule has 2 aromatic rings. The molecule has 0 atom stereocenters. The standard InChI is InChI=1S/C23H11O5P/c24-11-18-19(12-25)21(14-27)23(22(15-28)20(18)13-26)29(16-7-3-1-4-8-16)17-9-5-2-6-10-17/h1-10,23H. The van der Waals surface area contributed by atoms with E-state index < -0.39 is 30.3 Å². The average molecular weight is 398 g/mol. The van der Waals surface area contributed by atoms with Crippen LogP contribution in [-0.2, 0) is 24.0 Å². The first-order chi connectivity index (χ1) is 14.2. The Balaban J connectivity index is 2.41. The molecular weight excluding hydrogens is 387 g/mol. The zero-order valence-corrected chi connectivity index (χ0v) is 15.7. The predicted octanol–water partition coefficient (Wildman–Crippen LogP) is 1.29. The van der Waals surface area contributed by atoms with Crippen LogP contribution in [0.1, 0.15) is 0 Å². The lowest BCUT2D eigenvalue weighted by Crippen LogP contribution is -2.31. The van der Waals surface area contributed by atoms with Gasteiger partial charge >= 0.3 is 0 Å². The van der Waals surface area contributed by atoms with Crippen LogP contribution in [-0.4, -0.2) is 35.4 Å². The molecule has 0 amide bonds. The summed E-state index contributed by atoms with van der Waals surface area (Å²) in [6.45, 7) is 0. The zero-order chi connectivity index (χ0) is 20.8. The molecule has 6 heteroatoms. The monoisotopic (exact) mass is 398 g/mol. The number of hydrogen-bond donors (Lipinski definition) is 0. The van der Waals surface area contributed by atoms with Gasteiger partial charge in [0, 0.05) is 0 Å². The van der Waals surface area contributed by atoms with Gasteiger partial charge in [0.1, 0.15) is 29.7 Å². The van der Waals surface area contributed by atoms with Gasteiger partial charge in [-0.2, -0.15) is 0 Å². The SMILES string of the molecule is O=C=C1C(=C=O)C(=C=O)C(P(c2ccccc2)c2ccccc2)C(=C=O)C1=C=O. The fourth-order valence-electron chi connectivity index (χ4n) is 3.22. The Bertz CT molecular complexity index is 1120. The number of allylic oxidation sites excluding steroid dienone is 5. The average Bonchev–Trinajstić information content (AvgIpc) is 2.79. The van der Waals surface area contributed by atoms with Gasteiger partial charge < -0.3 is 0 Å². The van der Waals surface area contributed by atoms with Gasteiger partial charge in [-0.3, -0.25) is 0 Å². The van der Waals surface area contributed by atoms with Gasteiger partial charge in [-0.25, -0.2) is 24.0 Å². The maximum absolute atomic E-state index is 11.9. The van der Waals surface area contributed by atoms with Crippen LogP contribution in [0.5, 0.6) is 0 Å². The van der Waals surface area contributed by atoms with Gasteiger partial charge in [-0.05, 0) is 18.5 Å². The van der Waals surface area contributed by atoms with Crippen molar-refractivity contribution in [3.05, 3.63) is 88.5 Å². The summed E-state index contributed by atoms with van der Waals surface area (Å²) in [6.07, 6.45) is 0. The van der Waals surface area contributed by atoms with E-state index in [0.717, 1.165) is 10.6 Å². The summed E-state index contributed by atoms with van der Waals surface area (Å²) in [7, 11) is -1.49. The molecule has 2 aromatic carbocycles. The number of rotatable bonds is 3. The molecule has 0 saturated heterocycles. The lowest BCUT2D eigenvalue weighted by Gasteiger charge is -2.33. The Hall–Kier alpha value is -3.88. The van der Waals surface area contributed by atoms with Gasteiger partial charge in [-0.1, -0.05) is 60.7 Å². The first kappa shape index (κ1) is 19.9. The summed E-state index contributed by atoms with van der Waals surface area (Å²) in [6, 6.07) is 18.1. The lowest BCUT2D eigenvalue weighted by atomic mass is 9.81. The maximum Gasteiger partial charge on any atom is 0.135 e. The minimum absolute atomic E-state index is 0.227. The fourth-order valence-corrected chi connectivity index (χ4v) is 5.98. The Kier molecular flexibility index (Phi) is 6.08. The summed E-state index contributed by atoms with van der Waals surface area (Å²) in [5, 5.41) is 1.57. The molecule has 0 unspecified atom stereocenters. The molecule has 3 rings (SSSR count). The quantitative estimate of drug-likeness (QED) is 0.575. The topological polar surface area (TPSA) is 85.3 Å². The molecule has 0 bridgehead atoms.